The van der Waals surface area contributed by atoms with Gasteiger partial charge in [-0.2, -0.15) is 0 Å². The summed E-state index contributed by atoms with van der Waals surface area (Å²) in [5, 5.41) is 5.67. The summed E-state index contributed by atoms with van der Waals surface area (Å²) in [6.07, 6.45) is 1.13. The van der Waals surface area contributed by atoms with Crippen molar-refractivity contribution in [2.45, 2.75) is 33.7 Å². The lowest BCUT2D eigenvalue weighted by Gasteiger charge is -2.12. The Morgan fingerprint density at radius 3 is 2.80 bits per heavy atom. The van der Waals surface area contributed by atoms with Crippen LogP contribution in [-0.2, 0) is 6.54 Å². The van der Waals surface area contributed by atoms with E-state index in [9.17, 15) is 0 Å². The van der Waals surface area contributed by atoms with Crippen LogP contribution in [-0.4, -0.2) is 18.1 Å². The molecule has 2 aromatic rings. The van der Waals surface area contributed by atoms with Gasteiger partial charge >= 0.3 is 0 Å². The van der Waals surface area contributed by atoms with Crippen molar-refractivity contribution in [3.8, 4) is 5.88 Å². The highest BCUT2D eigenvalue weighted by atomic mass is 16.5. The quantitative estimate of drug-likeness (QED) is 0.779. The van der Waals surface area contributed by atoms with Crippen LogP contribution in [0.5, 0.6) is 5.88 Å². The number of fused-ring (bicyclic) bond motifs is 1. The number of hydrogen-bond donors (Lipinski definition) is 1. The maximum atomic E-state index is 5.89. The van der Waals surface area contributed by atoms with Gasteiger partial charge in [-0.1, -0.05) is 39.0 Å². The highest BCUT2D eigenvalue weighted by Crippen LogP contribution is 2.24. The molecular formula is C17H24N2O. The average Bonchev–Trinajstić information content (AvgIpc) is 2.45. The Morgan fingerprint density at radius 1 is 1.25 bits per heavy atom. The fourth-order valence-corrected chi connectivity index (χ4v) is 2.06. The largest absolute Gasteiger partial charge is 0.477 e. The van der Waals surface area contributed by atoms with Crippen molar-refractivity contribution in [1.29, 1.82) is 0 Å². The van der Waals surface area contributed by atoms with Crippen molar-refractivity contribution in [3.63, 3.8) is 0 Å². The Hall–Kier alpha value is -1.61. The molecule has 1 heterocycles. The first kappa shape index (κ1) is 14.8. The van der Waals surface area contributed by atoms with Crippen LogP contribution in [0, 0.1) is 5.92 Å². The van der Waals surface area contributed by atoms with Crippen LogP contribution in [0.3, 0.4) is 0 Å². The molecule has 0 aliphatic rings. The molecule has 0 unspecified atom stereocenters. The molecule has 0 amide bonds. The second kappa shape index (κ2) is 7.25. The van der Waals surface area contributed by atoms with E-state index >= 15 is 0 Å². The molecule has 2 rings (SSSR count). The number of pyridine rings is 1. The maximum Gasteiger partial charge on any atom is 0.221 e. The van der Waals surface area contributed by atoms with Gasteiger partial charge in [0, 0.05) is 11.9 Å². The van der Waals surface area contributed by atoms with Crippen LogP contribution in [0.2, 0.25) is 0 Å². The molecule has 0 bridgehead atoms. The van der Waals surface area contributed by atoms with Crippen LogP contribution in [0.1, 0.15) is 32.9 Å². The zero-order valence-corrected chi connectivity index (χ0v) is 12.6. The SMILES string of the molecule is CCCNCc1cc2ccccc2c(OCC(C)C)n1. The fraction of sp³-hybridized carbons (Fsp3) is 0.471. The van der Waals surface area contributed by atoms with Gasteiger partial charge in [0.2, 0.25) is 5.88 Å². The van der Waals surface area contributed by atoms with Gasteiger partial charge in [0.15, 0.2) is 0 Å². The number of nitrogens with one attached hydrogen (secondary N) is 1. The molecule has 3 heteroatoms. The molecule has 0 aliphatic carbocycles. The molecule has 0 saturated heterocycles. The molecule has 0 saturated carbocycles. The molecule has 1 N–H and O–H groups in total. The van der Waals surface area contributed by atoms with Crippen molar-refractivity contribution < 1.29 is 4.74 Å². The Morgan fingerprint density at radius 2 is 2.05 bits per heavy atom. The highest BCUT2D eigenvalue weighted by molar-refractivity contribution is 5.87. The maximum absolute atomic E-state index is 5.89. The zero-order chi connectivity index (χ0) is 14.4. The van der Waals surface area contributed by atoms with E-state index in [1.54, 1.807) is 0 Å². The van der Waals surface area contributed by atoms with Crippen LogP contribution in [0.15, 0.2) is 30.3 Å². The molecule has 0 fully saturated rings. The van der Waals surface area contributed by atoms with Gasteiger partial charge in [0.05, 0.1) is 12.3 Å². The van der Waals surface area contributed by atoms with E-state index in [-0.39, 0.29) is 0 Å². The van der Waals surface area contributed by atoms with Crippen molar-refractivity contribution >= 4 is 10.8 Å². The molecule has 108 valence electrons. The third kappa shape index (κ3) is 3.94. The minimum atomic E-state index is 0.498. The molecule has 0 spiro atoms. The molecule has 0 atom stereocenters. The molecule has 3 nitrogen and oxygen atoms in total. The first-order chi connectivity index (χ1) is 9.70. The van der Waals surface area contributed by atoms with Gasteiger partial charge < -0.3 is 10.1 Å². The minimum absolute atomic E-state index is 0.498. The lowest BCUT2D eigenvalue weighted by Crippen LogP contribution is -2.15. The minimum Gasteiger partial charge on any atom is -0.477 e. The summed E-state index contributed by atoms with van der Waals surface area (Å²) < 4.78 is 5.89. The van der Waals surface area contributed by atoms with Crippen LogP contribution >= 0.6 is 0 Å². The number of ether oxygens (including phenoxy) is 1. The molecule has 20 heavy (non-hydrogen) atoms. The first-order valence-electron chi connectivity index (χ1n) is 7.43. The van der Waals surface area contributed by atoms with Crippen molar-refractivity contribution in [2.24, 2.45) is 5.92 Å². The predicted molar refractivity (Wildman–Crippen MR) is 84.1 cm³/mol. The van der Waals surface area contributed by atoms with Crippen molar-refractivity contribution in [3.05, 3.63) is 36.0 Å². The van der Waals surface area contributed by atoms with Crippen LogP contribution < -0.4 is 10.1 Å². The van der Waals surface area contributed by atoms with Gasteiger partial charge in [-0.3, -0.25) is 0 Å². The molecule has 1 aromatic heterocycles. The molecular weight excluding hydrogens is 248 g/mol. The molecule has 0 radical (unpaired) electrons. The molecule has 1 aromatic carbocycles. The van der Waals surface area contributed by atoms with E-state index in [2.05, 4.69) is 55.3 Å². The summed E-state index contributed by atoms with van der Waals surface area (Å²) in [6.45, 7) is 8.96. The number of rotatable bonds is 7. The zero-order valence-electron chi connectivity index (χ0n) is 12.6. The smallest absolute Gasteiger partial charge is 0.221 e. The monoisotopic (exact) mass is 272 g/mol. The average molecular weight is 272 g/mol. The second-order valence-electron chi connectivity index (χ2n) is 5.52. The van der Waals surface area contributed by atoms with Crippen LogP contribution in [0.4, 0.5) is 0 Å². The number of benzene rings is 1. The van der Waals surface area contributed by atoms with Gasteiger partial charge in [0.1, 0.15) is 0 Å². The van der Waals surface area contributed by atoms with E-state index in [1.807, 2.05) is 6.07 Å². The Labute approximate surface area is 121 Å². The summed E-state index contributed by atoms with van der Waals surface area (Å²) >= 11 is 0. The Balaban J connectivity index is 2.26. The predicted octanol–water partition coefficient (Wildman–Crippen LogP) is 3.77. The van der Waals surface area contributed by atoms with Gasteiger partial charge in [-0.15, -0.1) is 0 Å². The second-order valence-corrected chi connectivity index (χ2v) is 5.52. The molecule has 0 aliphatic heterocycles. The summed E-state index contributed by atoms with van der Waals surface area (Å²) in [6, 6.07) is 10.4. The highest BCUT2D eigenvalue weighted by Gasteiger charge is 2.07. The van der Waals surface area contributed by atoms with E-state index in [1.165, 1.54) is 5.39 Å². The summed E-state index contributed by atoms with van der Waals surface area (Å²) in [7, 11) is 0. The lowest BCUT2D eigenvalue weighted by atomic mass is 10.1. The standard InChI is InChI=1S/C17H24N2O/c1-4-9-18-11-15-10-14-7-5-6-8-16(14)17(19-15)20-12-13(2)3/h5-8,10,13,18H,4,9,11-12H2,1-3H3. The summed E-state index contributed by atoms with van der Waals surface area (Å²) in [5.41, 5.74) is 1.04. The van der Waals surface area contributed by atoms with Gasteiger partial charge in [-0.05, 0) is 36.4 Å². The number of hydrogen-bond acceptors (Lipinski definition) is 3. The number of nitrogens with zero attached hydrogens (tertiary/aromatic N) is 1. The van der Waals surface area contributed by atoms with Gasteiger partial charge in [0.25, 0.3) is 0 Å². The van der Waals surface area contributed by atoms with Crippen molar-refractivity contribution in [1.82, 2.24) is 10.3 Å². The number of aromatic nitrogens is 1. The van der Waals surface area contributed by atoms with E-state index in [4.69, 9.17) is 4.74 Å². The third-order valence-corrected chi connectivity index (χ3v) is 3.04. The Bertz CT molecular complexity index is 552. The van der Waals surface area contributed by atoms with Crippen LogP contribution in [0.25, 0.3) is 10.8 Å². The first-order valence-corrected chi connectivity index (χ1v) is 7.43. The van der Waals surface area contributed by atoms with E-state index in [0.29, 0.717) is 12.5 Å². The topological polar surface area (TPSA) is 34.1 Å². The fourth-order valence-electron chi connectivity index (χ4n) is 2.06. The third-order valence-electron chi connectivity index (χ3n) is 3.04. The van der Waals surface area contributed by atoms with Crippen molar-refractivity contribution in [2.75, 3.05) is 13.2 Å². The lowest BCUT2D eigenvalue weighted by molar-refractivity contribution is 0.264. The summed E-state index contributed by atoms with van der Waals surface area (Å²) in [5.74, 6) is 1.25. The normalized spacial score (nSPS) is 11.2. The van der Waals surface area contributed by atoms with E-state index in [0.717, 1.165) is 36.5 Å². The Kier molecular flexibility index (Phi) is 5.36. The van der Waals surface area contributed by atoms with E-state index < -0.39 is 0 Å². The van der Waals surface area contributed by atoms with Gasteiger partial charge in [-0.25, -0.2) is 4.98 Å². The summed E-state index contributed by atoms with van der Waals surface area (Å²) in [4.78, 5) is 4.66.